The monoisotopic (exact) mass is 592 g/mol. The summed E-state index contributed by atoms with van der Waals surface area (Å²) in [5.74, 6) is 0.840. The Morgan fingerprint density at radius 2 is 1.40 bits per heavy atom. The van der Waals surface area contributed by atoms with Crippen molar-refractivity contribution in [2.45, 2.75) is 31.5 Å². The maximum atomic E-state index is 13.1. The third-order valence-corrected chi connectivity index (χ3v) is 7.52. The molecule has 1 N–H and O–H groups in total. The van der Waals surface area contributed by atoms with Gasteiger partial charge in [0, 0.05) is 63.1 Å². The zero-order chi connectivity index (χ0) is 29.9. The van der Waals surface area contributed by atoms with Gasteiger partial charge in [0.25, 0.3) is 0 Å². The fraction of sp³-hybridized carbons (Fsp3) is 0.367. The molecule has 2 amide bonds. The van der Waals surface area contributed by atoms with Crippen molar-refractivity contribution in [2.24, 2.45) is 0 Å². The number of piperazine rings is 1. The molecular weight excluding hydrogens is 562 g/mol. The smallest absolute Gasteiger partial charge is 0.416 e. The van der Waals surface area contributed by atoms with E-state index >= 15 is 0 Å². The van der Waals surface area contributed by atoms with E-state index in [1.54, 1.807) is 0 Å². The van der Waals surface area contributed by atoms with E-state index in [-0.39, 0.29) is 12.1 Å². The van der Waals surface area contributed by atoms with Gasteiger partial charge >= 0.3 is 18.4 Å². The highest BCUT2D eigenvalue weighted by molar-refractivity contribution is 5.90. The molecule has 0 bridgehead atoms. The minimum Gasteiger partial charge on any atom is -0.489 e. The summed E-state index contributed by atoms with van der Waals surface area (Å²) in [7, 11) is 0. The van der Waals surface area contributed by atoms with Gasteiger partial charge in [-0.2, -0.15) is 26.3 Å². The lowest BCUT2D eigenvalue weighted by Crippen LogP contribution is -2.64. The zero-order valence-electron chi connectivity index (χ0n) is 22.6. The molecule has 0 atom stereocenters. The molecule has 12 heteroatoms. The van der Waals surface area contributed by atoms with Crippen LogP contribution in [0.5, 0.6) is 5.75 Å². The number of amides is 2. The molecule has 42 heavy (non-hydrogen) atoms. The van der Waals surface area contributed by atoms with Crippen molar-refractivity contribution in [3.05, 3.63) is 95.1 Å². The van der Waals surface area contributed by atoms with Crippen molar-refractivity contribution in [1.29, 1.82) is 0 Å². The average Bonchev–Trinajstić information content (AvgIpc) is 2.92. The number of likely N-dealkylation sites (tertiary alicyclic amines) is 1. The second kappa shape index (κ2) is 12.2. The van der Waals surface area contributed by atoms with Gasteiger partial charge in [-0.15, -0.1) is 0 Å². The van der Waals surface area contributed by atoms with Crippen LogP contribution in [0.2, 0.25) is 0 Å². The van der Waals surface area contributed by atoms with Gasteiger partial charge in [0.2, 0.25) is 0 Å². The number of alkyl halides is 6. The van der Waals surface area contributed by atoms with Crippen LogP contribution >= 0.6 is 0 Å². The van der Waals surface area contributed by atoms with Gasteiger partial charge in [-0.3, -0.25) is 9.80 Å². The topological polar surface area (TPSA) is 48.1 Å². The molecule has 5 rings (SSSR count). The second-order valence-electron chi connectivity index (χ2n) is 10.5. The lowest BCUT2D eigenvalue weighted by atomic mass is 10.1. The normalized spacial score (nSPS) is 17.1. The Morgan fingerprint density at radius 3 is 2.02 bits per heavy atom. The van der Waals surface area contributed by atoms with E-state index in [1.165, 1.54) is 4.90 Å². The highest BCUT2D eigenvalue weighted by Crippen LogP contribution is 2.37. The molecule has 224 valence electrons. The van der Waals surface area contributed by atoms with E-state index in [2.05, 4.69) is 21.2 Å². The predicted octanol–water partition coefficient (Wildman–Crippen LogP) is 6.34. The maximum Gasteiger partial charge on any atom is 0.416 e. The largest absolute Gasteiger partial charge is 0.489 e. The van der Waals surface area contributed by atoms with E-state index < -0.39 is 35.2 Å². The Labute approximate surface area is 239 Å². The second-order valence-corrected chi connectivity index (χ2v) is 10.5. The average molecular weight is 593 g/mol. The van der Waals surface area contributed by atoms with Crippen LogP contribution in [0.15, 0.2) is 72.8 Å². The molecule has 2 heterocycles. The standard InChI is InChI=1S/C30H30F6N4O2/c31-29(32,33)23-14-24(30(34,35)36)16-25(15-23)37-28(41)40-18-26(19-40)39-12-10-38(11-13-39)17-22-8-4-5-9-27(22)42-20-21-6-2-1-3-7-21/h1-9,14-16,26H,10-13,17-20H2,(H,37,41). The van der Waals surface area contributed by atoms with Crippen molar-refractivity contribution < 1.29 is 35.9 Å². The van der Waals surface area contributed by atoms with E-state index in [0.29, 0.717) is 31.8 Å². The number of carbonyl (C=O) groups excluding carboxylic acids is 1. The van der Waals surface area contributed by atoms with Gasteiger partial charge in [-0.05, 0) is 29.8 Å². The number of para-hydroxylation sites is 1. The highest BCUT2D eigenvalue weighted by Gasteiger charge is 2.39. The Hall–Kier alpha value is -3.77. The third kappa shape index (κ3) is 7.35. The number of rotatable bonds is 7. The van der Waals surface area contributed by atoms with E-state index in [4.69, 9.17) is 4.74 Å². The van der Waals surface area contributed by atoms with Gasteiger partial charge in [0.05, 0.1) is 11.1 Å². The molecule has 0 unspecified atom stereocenters. The summed E-state index contributed by atoms with van der Waals surface area (Å²) in [6.45, 7) is 5.05. The molecule has 3 aromatic carbocycles. The lowest BCUT2D eigenvalue weighted by molar-refractivity contribution is -0.143. The minimum atomic E-state index is -4.98. The lowest BCUT2D eigenvalue weighted by Gasteiger charge is -2.48. The van der Waals surface area contributed by atoms with E-state index in [0.717, 1.165) is 49.6 Å². The molecular formula is C30H30F6N4O2. The van der Waals surface area contributed by atoms with Crippen molar-refractivity contribution >= 4 is 11.7 Å². The van der Waals surface area contributed by atoms with Crippen LogP contribution in [0.4, 0.5) is 36.8 Å². The molecule has 0 radical (unpaired) electrons. The number of nitrogens with one attached hydrogen (secondary N) is 1. The van der Waals surface area contributed by atoms with Crippen LogP contribution in [0.3, 0.4) is 0 Å². The van der Waals surface area contributed by atoms with E-state index in [1.807, 2.05) is 48.5 Å². The molecule has 3 aromatic rings. The Morgan fingerprint density at radius 1 is 0.810 bits per heavy atom. The number of halogens is 6. The number of hydrogen-bond acceptors (Lipinski definition) is 4. The number of ether oxygens (including phenoxy) is 1. The van der Waals surface area contributed by atoms with Crippen molar-refractivity contribution in [3.63, 3.8) is 0 Å². The number of benzene rings is 3. The molecule has 6 nitrogen and oxygen atoms in total. The van der Waals surface area contributed by atoms with Gasteiger partial charge in [0.1, 0.15) is 12.4 Å². The van der Waals surface area contributed by atoms with Gasteiger partial charge in [-0.1, -0.05) is 48.5 Å². The Balaban J connectivity index is 1.10. The minimum absolute atomic E-state index is 0.0331. The molecule has 2 aliphatic rings. The Kier molecular flexibility index (Phi) is 8.65. The third-order valence-electron chi connectivity index (χ3n) is 7.52. The number of urea groups is 1. The first-order valence-electron chi connectivity index (χ1n) is 13.5. The summed E-state index contributed by atoms with van der Waals surface area (Å²) in [4.78, 5) is 18.6. The molecule has 0 aliphatic carbocycles. The number of anilines is 1. The number of nitrogens with zero attached hydrogens (tertiary/aromatic N) is 3. The predicted molar refractivity (Wildman–Crippen MR) is 145 cm³/mol. The van der Waals surface area contributed by atoms with Gasteiger partial charge < -0.3 is 15.0 Å². The van der Waals surface area contributed by atoms with Gasteiger partial charge in [-0.25, -0.2) is 4.79 Å². The summed E-state index contributed by atoms with van der Waals surface area (Å²) < 4.78 is 84.9. The molecule has 2 fully saturated rings. The van der Waals surface area contributed by atoms with Crippen LogP contribution in [-0.2, 0) is 25.5 Å². The summed E-state index contributed by atoms with van der Waals surface area (Å²) in [5, 5.41) is 2.20. The zero-order valence-corrected chi connectivity index (χ0v) is 22.6. The molecule has 0 spiro atoms. The first kappa shape index (κ1) is 29.7. The van der Waals surface area contributed by atoms with Crippen LogP contribution in [0.25, 0.3) is 0 Å². The molecule has 0 saturated carbocycles. The van der Waals surface area contributed by atoms with Crippen molar-refractivity contribution in [2.75, 3.05) is 44.6 Å². The first-order valence-corrected chi connectivity index (χ1v) is 13.5. The number of carbonyl (C=O) groups is 1. The van der Waals surface area contributed by atoms with Crippen LogP contribution in [0, 0.1) is 0 Å². The summed E-state index contributed by atoms with van der Waals surface area (Å²) in [6, 6.07) is 18.3. The van der Waals surface area contributed by atoms with Crippen LogP contribution < -0.4 is 10.1 Å². The van der Waals surface area contributed by atoms with Crippen molar-refractivity contribution in [1.82, 2.24) is 14.7 Å². The number of hydrogen-bond donors (Lipinski definition) is 1. The summed E-state index contributed by atoms with van der Waals surface area (Å²) >= 11 is 0. The Bertz CT molecular complexity index is 1340. The quantitative estimate of drug-likeness (QED) is 0.326. The highest BCUT2D eigenvalue weighted by atomic mass is 19.4. The van der Waals surface area contributed by atoms with Crippen LogP contribution in [0.1, 0.15) is 22.3 Å². The van der Waals surface area contributed by atoms with Crippen molar-refractivity contribution in [3.8, 4) is 5.75 Å². The molecule has 0 aromatic heterocycles. The van der Waals surface area contributed by atoms with Crippen LogP contribution in [-0.4, -0.2) is 66.0 Å². The fourth-order valence-corrected chi connectivity index (χ4v) is 5.12. The molecule has 2 aliphatic heterocycles. The van der Waals surface area contributed by atoms with E-state index in [9.17, 15) is 31.1 Å². The summed E-state index contributed by atoms with van der Waals surface area (Å²) in [6.07, 6.45) is -9.97. The first-order chi connectivity index (χ1) is 20.0. The summed E-state index contributed by atoms with van der Waals surface area (Å²) in [5.41, 5.74) is -1.32. The van der Waals surface area contributed by atoms with Gasteiger partial charge in [0.15, 0.2) is 0 Å². The maximum absolute atomic E-state index is 13.1. The SMILES string of the molecule is O=C(Nc1cc(C(F)(F)F)cc(C(F)(F)F)c1)N1CC(N2CCN(Cc3ccccc3OCc3ccccc3)CC2)C1. The molecule has 2 saturated heterocycles. The fourth-order valence-electron chi connectivity index (χ4n) is 5.12.